The zero-order chi connectivity index (χ0) is 13.5. The molecule has 0 saturated carbocycles. The van der Waals surface area contributed by atoms with E-state index in [4.69, 9.17) is 11.6 Å². The topological polar surface area (TPSA) is 50.5 Å². The molecule has 0 aliphatic heterocycles. The number of fused-ring (bicyclic) bond motifs is 1. The predicted molar refractivity (Wildman–Crippen MR) is 69.7 cm³/mol. The van der Waals surface area contributed by atoms with Gasteiger partial charge in [-0.2, -0.15) is 5.10 Å². The highest BCUT2D eigenvalue weighted by molar-refractivity contribution is 6.29. The van der Waals surface area contributed by atoms with Gasteiger partial charge in [0.25, 0.3) is 0 Å². The van der Waals surface area contributed by atoms with Crippen LogP contribution < -0.4 is 0 Å². The summed E-state index contributed by atoms with van der Waals surface area (Å²) in [5, 5.41) is 4.50. The van der Waals surface area contributed by atoms with Crippen LogP contribution in [0.4, 0.5) is 0 Å². The lowest BCUT2D eigenvalue weighted by molar-refractivity contribution is -0.133. The van der Waals surface area contributed by atoms with E-state index in [-0.39, 0.29) is 5.91 Å². The van der Waals surface area contributed by atoms with Gasteiger partial charge < -0.3 is 4.90 Å². The molecule has 0 aliphatic carbocycles. The van der Waals surface area contributed by atoms with Gasteiger partial charge in [0.2, 0.25) is 5.91 Å². The first-order chi connectivity index (χ1) is 8.32. The molecule has 0 saturated heterocycles. The van der Waals surface area contributed by atoms with E-state index in [1.54, 1.807) is 41.8 Å². The number of amides is 1. The molecule has 0 spiro atoms. The van der Waals surface area contributed by atoms with Crippen molar-refractivity contribution in [2.45, 2.75) is 19.3 Å². The molecule has 0 fully saturated rings. The van der Waals surface area contributed by atoms with Gasteiger partial charge >= 0.3 is 0 Å². The van der Waals surface area contributed by atoms with Crippen molar-refractivity contribution in [1.82, 2.24) is 19.5 Å². The lowest BCUT2D eigenvalue weighted by Gasteiger charge is -2.24. The zero-order valence-corrected chi connectivity index (χ0v) is 11.6. The molecular formula is C12H15ClN4O. The Hall–Kier alpha value is -1.62. The van der Waals surface area contributed by atoms with Crippen LogP contribution in [-0.4, -0.2) is 39.5 Å². The summed E-state index contributed by atoms with van der Waals surface area (Å²) in [6.07, 6.45) is 1.74. The Morgan fingerprint density at radius 3 is 2.67 bits per heavy atom. The van der Waals surface area contributed by atoms with Crippen molar-refractivity contribution in [2.75, 3.05) is 14.1 Å². The number of carbonyl (C=O) groups is 1. The monoisotopic (exact) mass is 266 g/mol. The molecule has 6 heteroatoms. The number of nitrogens with zero attached hydrogens (tertiary/aromatic N) is 4. The van der Waals surface area contributed by atoms with Crippen LogP contribution in [0.25, 0.3) is 5.65 Å². The fraction of sp³-hybridized carbons (Fsp3) is 0.417. The van der Waals surface area contributed by atoms with Crippen LogP contribution in [0.15, 0.2) is 18.3 Å². The molecule has 18 heavy (non-hydrogen) atoms. The van der Waals surface area contributed by atoms with Crippen LogP contribution in [0.1, 0.15) is 19.5 Å². The molecule has 0 aromatic carbocycles. The molecule has 0 radical (unpaired) electrons. The lowest BCUT2D eigenvalue weighted by Crippen LogP contribution is -2.39. The van der Waals surface area contributed by atoms with Gasteiger partial charge in [-0.05, 0) is 26.0 Å². The summed E-state index contributed by atoms with van der Waals surface area (Å²) in [7, 11) is 3.46. The first kappa shape index (κ1) is 12.8. The van der Waals surface area contributed by atoms with E-state index >= 15 is 0 Å². The molecule has 0 bridgehead atoms. The number of imidazole rings is 1. The van der Waals surface area contributed by atoms with Gasteiger partial charge in [-0.15, -0.1) is 0 Å². The van der Waals surface area contributed by atoms with E-state index in [2.05, 4.69) is 10.1 Å². The number of rotatable bonds is 2. The van der Waals surface area contributed by atoms with Crippen LogP contribution in [0.3, 0.4) is 0 Å². The van der Waals surface area contributed by atoms with Gasteiger partial charge in [-0.3, -0.25) is 4.79 Å². The fourth-order valence-corrected chi connectivity index (χ4v) is 1.97. The molecule has 0 atom stereocenters. The number of carbonyl (C=O) groups excluding carboxylic acids is 1. The van der Waals surface area contributed by atoms with Crippen molar-refractivity contribution >= 4 is 23.2 Å². The molecule has 5 nitrogen and oxygen atoms in total. The van der Waals surface area contributed by atoms with Crippen LogP contribution in [-0.2, 0) is 10.2 Å². The molecule has 0 N–H and O–H groups in total. The second kappa shape index (κ2) is 4.24. The van der Waals surface area contributed by atoms with Crippen LogP contribution in [0, 0.1) is 0 Å². The molecule has 2 rings (SSSR count). The zero-order valence-electron chi connectivity index (χ0n) is 10.8. The van der Waals surface area contributed by atoms with E-state index in [1.807, 2.05) is 13.8 Å². The minimum atomic E-state index is -0.691. The number of aromatic nitrogens is 3. The maximum atomic E-state index is 12.1. The Morgan fingerprint density at radius 2 is 2.06 bits per heavy atom. The first-order valence-corrected chi connectivity index (χ1v) is 5.94. The standard InChI is InChI=1S/C12H15ClN4O/c1-12(2,11(18)16(3)4)8-7-17-10(14-8)6-5-9(13)15-17/h5-7H,1-4H3. The molecule has 2 aromatic rings. The van der Waals surface area contributed by atoms with Crippen molar-refractivity contribution in [3.8, 4) is 0 Å². The van der Waals surface area contributed by atoms with Crippen molar-refractivity contribution in [3.05, 3.63) is 29.2 Å². The average Bonchev–Trinajstić information content (AvgIpc) is 2.71. The van der Waals surface area contributed by atoms with Crippen molar-refractivity contribution in [1.29, 1.82) is 0 Å². The van der Waals surface area contributed by atoms with Crippen LogP contribution in [0.5, 0.6) is 0 Å². The lowest BCUT2D eigenvalue weighted by atomic mass is 9.88. The van der Waals surface area contributed by atoms with E-state index in [1.165, 1.54) is 0 Å². The number of hydrogen-bond acceptors (Lipinski definition) is 3. The molecule has 0 aliphatic rings. The van der Waals surface area contributed by atoms with Gasteiger partial charge in [0.15, 0.2) is 5.65 Å². The SMILES string of the molecule is CN(C)C(=O)C(C)(C)c1cn2nc(Cl)ccc2n1. The maximum absolute atomic E-state index is 12.1. The van der Waals surface area contributed by atoms with Gasteiger partial charge in [0.05, 0.1) is 17.3 Å². The largest absolute Gasteiger partial charge is 0.348 e. The van der Waals surface area contributed by atoms with Crippen molar-refractivity contribution < 1.29 is 4.79 Å². The highest BCUT2D eigenvalue weighted by atomic mass is 35.5. The quantitative estimate of drug-likeness (QED) is 0.832. The van der Waals surface area contributed by atoms with E-state index in [0.29, 0.717) is 16.5 Å². The summed E-state index contributed by atoms with van der Waals surface area (Å²) in [5.74, 6) is -0.00277. The van der Waals surface area contributed by atoms with Gasteiger partial charge in [-0.25, -0.2) is 9.50 Å². The van der Waals surface area contributed by atoms with Gasteiger partial charge in [0.1, 0.15) is 5.15 Å². The normalized spacial score (nSPS) is 11.8. The van der Waals surface area contributed by atoms with Crippen LogP contribution >= 0.6 is 11.6 Å². The second-order valence-electron chi connectivity index (χ2n) is 4.91. The summed E-state index contributed by atoms with van der Waals surface area (Å²) in [4.78, 5) is 18.1. The highest BCUT2D eigenvalue weighted by Crippen LogP contribution is 2.24. The van der Waals surface area contributed by atoms with E-state index < -0.39 is 5.41 Å². The third-order valence-corrected chi connectivity index (χ3v) is 3.07. The molecule has 1 amide bonds. The van der Waals surface area contributed by atoms with E-state index in [9.17, 15) is 4.79 Å². The minimum Gasteiger partial charge on any atom is -0.348 e. The Labute approximate surface area is 110 Å². The number of halogens is 1. The summed E-state index contributed by atoms with van der Waals surface area (Å²) in [6.45, 7) is 3.69. The second-order valence-corrected chi connectivity index (χ2v) is 5.30. The van der Waals surface area contributed by atoms with E-state index in [0.717, 1.165) is 0 Å². The Morgan fingerprint density at radius 1 is 1.39 bits per heavy atom. The summed E-state index contributed by atoms with van der Waals surface area (Å²) in [5.41, 5.74) is 0.661. The fourth-order valence-electron chi connectivity index (χ4n) is 1.83. The summed E-state index contributed by atoms with van der Waals surface area (Å²) >= 11 is 5.82. The number of likely N-dealkylation sites (N-methyl/N-ethyl adjacent to an activating group) is 1. The Balaban J connectivity index is 2.51. The number of hydrogen-bond donors (Lipinski definition) is 0. The first-order valence-electron chi connectivity index (χ1n) is 5.56. The molecule has 2 heterocycles. The van der Waals surface area contributed by atoms with Crippen LogP contribution in [0.2, 0.25) is 5.15 Å². The van der Waals surface area contributed by atoms with Crippen molar-refractivity contribution in [2.24, 2.45) is 0 Å². The Kier molecular flexibility index (Phi) is 3.02. The molecule has 2 aromatic heterocycles. The minimum absolute atomic E-state index is 0.00277. The molecule has 0 unspecified atom stereocenters. The Bertz CT molecular complexity index is 603. The molecular weight excluding hydrogens is 252 g/mol. The van der Waals surface area contributed by atoms with Gasteiger partial charge in [0, 0.05) is 14.1 Å². The van der Waals surface area contributed by atoms with Crippen molar-refractivity contribution in [3.63, 3.8) is 0 Å². The average molecular weight is 267 g/mol. The molecule has 96 valence electrons. The summed E-state index contributed by atoms with van der Waals surface area (Å²) < 4.78 is 1.59. The van der Waals surface area contributed by atoms with Gasteiger partial charge in [-0.1, -0.05) is 11.6 Å². The highest BCUT2D eigenvalue weighted by Gasteiger charge is 2.33. The smallest absolute Gasteiger partial charge is 0.233 e. The maximum Gasteiger partial charge on any atom is 0.233 e. The predicted octanol–water partition coefficient (Wildman–Crippen LogP) is 1.75. The third kappa shape index (κ3) is 2.06. The summed E-state index contributed by atoms with van der Waals surface area (Å²) in [6, 6.07) is 3.45. The third-order valence-electron chi connectivity index (χ3n) is 2.87.